The second-order valence-electron chi connectivity index (χ2n) is 4.82. The van der Waals surface area contributed by atoms with Crippen LogP contribution in [0.4, 0.5) is 10.1 Å². The number of hydrogen-bond donors (Lipinski definition) is 2. The van der Waals surface area contributed by atoms with Gasteiger partial charge in [-0.1, -0.05) is 0 Å². The van der Waals surface area contributed by atoms with Crippen LogP contribution in [0, 0.1) is 5.82 Å². The number of halogens is 1. The lowest BCUT2D eigenvalue weighted by molar-refractivity contribution is 0.310. The minimum absolute atomic E-state index is 0.166. The summed E-state index contributed by atoms with van der Waals surface area (Å²) in [6, 6.07) is 3.69. The van der Waals surface area contributed by atoms with Crippen LogP contribution in [-0.2, 0) is 10.0 Å². The van der Waals surface area contributed by atoms with Crippen LogP contribution in [0.3, 0.4) is 0 Å². The Labute approximate surface area is 112 Å². The molecule has 1 saturated heterocycles. The van der Waals surface area contributed by atoms with Crippen LogP contribution in [0.2, 0.25) is 0 Å². The lowest BCUT2D eigenvalue weighted by Gasteiger charge is -2.19. The molecule has 19 heavy (non-hydrogen) atoms. The molecule has 0 spiro atoms. The summed E-state index contributed by atoms with van der Waals surface area (Å²) < 4.78 is 40.1. The van der Waals surface area contributed by atoms with Crippen LogP contribution in [0.25, 0.3) is 0 Å². The standard InChI is InChI=1S/C12H18FN3O2S/c1-16-6-2-3-10(16)8-15-19(17,18)12-7-9(14)4-5-11(12)13/h4-5,7,10,15H,2-3,6,8,14H2,1H3. The SMILES string of the molecule is CN1CCCC1CNS(=O)(=O)c1cc(N)ccc1F. The maximum absolute atomic E-state index is 13.6. The quantitative estimate of drug-likeness (QED) is 0.803. The Balaban J connectivity index is 2.12. The molecular formula is C12H18FN3O2S. The summed E-state index contributed by atoms with van der Waals surface area (Å²) in [5, 5.41) is 0. The molecule has 3 N–H and O–H groups in total. The number of likely N-dealkylation sites (N-methyl/N-ethyl adjacent to an activating group) is 1. The number of sulfonamides is 1. The summed E-state index contributed by atoms with van der Waals surface area (Å²) >= 11 is 0. The van der Waals surface area contributed by atoms with E-state index in [2.05, 4.69) is 9.62 Å². The van der Waals surface area contributed by atoms with E-state index in [0.29, 0.717) is 0 Å². The number of nitrogen functional groups attached to an aromatic ring is 1. The highest BCUT2D eigenvalue weighted by molar-refractivity contribution is 7.89. The third kappa shape index (κ3) is 3.23. The predicted octanol–water partition coefficient (Wildman–Crippen LogP) is 0.780. The van der Waals surface area contributed by atoms with Gasteiger partial charge in [-0.25, -0.2) is 17.5 Å². The number of nitrogens with two attached hydrogens (primary N) is 1. The number of benzene rings is 1. The normalized spacial score (nSPS) is 20.8. The van der Waals surface area contributed by atoms with Crippen LogP contribution in [0.1, 0.15) is 12.8 Å². The van der Waals surface area contributed by atoms with E-state index in [9.17, 15) is 12.8 Å². The molecule has 7 heteroatoms. The number of rotatable bonds is 4. The lowest BCUT2D eigenvalue weighted by Crippen LogP contribution is -2.38. The van der Waals surface area contributed by atoms with Gasteiger partial charge in [-0.05, 0) is 44.6 Å². The molecule has 1 atom stereocenters. The minimum atomic E-state index is -3.86. The van der Waals surface area contributed by atoms with Gasteiger partial charge in [0.1, 0.15) is 10.7 Å². The van der Waals surface area contributed by atoms with Crippen molar-refractivity contribution in [3.8, 4) is 0 Å². The maximum atomic E-state index is 13.6. The topological polar surface area (TPSA) is 75.4 Å². The molecule has 0 radical (unpaired) electrons. The van der Waals surface area contributed by atoms with Gasteiger partial charge in [-0.2, -0.15) is 0 Å². The second-order valence-corrected chi connectivity index (χ2v) is 6.55. The van der Waals surface area contributed by atoms with Crippen molar-refractivity contribution in [2.75, 3.05) is 25.9 Å². The fourth-order valence-electron chi connectivity index (χ4n) is 2.25. The van der Waals surface area contributed by atoms with Gasteiger partial charge >= 0.3 is 0 Å². The molecule has 5 nitrogen and oxygen atoms in total. The van der Waals surface area contributed by atoms with Crippen molar-refractivity contribution >= 4 is 15.7 Å². The number of likely N-dealkylation sites (tertiary alicyclic amines) is 1. The van der Waals surface area contributed by atoms with Crippen molar-refractivity contribution in [3.63, 3.8) is 0 Å². The molecule has 1 fully saturated rings. The van der Waals surface area contributed by atoms with Crippen LogP contribution in [0.15, 0.2) is 23.1 Å². The predicted molar refractivity (Wildman–Crippen MR) is 71.7 cm³/mol. The van der Waals surface area contributed by atoms with Crippen molar-refractivity contribution in [3.05, 3.63) is 24.0 Å². The van der Waals surface area contributed by atoms with Gasteiger partial charge < -0.3 is 10.6 Å². The average molecular weight is 287 g/mol. The summed E-state index contributed by atoms with van der Waals surface area (Å²) in [5.41, 5.74) is 5.72. The van der Waals surface area contributed by atoms with E-state index in [1.807, 2.05) is 7.05 Å². The van der Waals surface area contributed by atoms with Gasteiger partial charge in [0.25, 0.3) is 0 Å². The molecule has 0 bridgehead atoms. The van der Waals surface area contributed by atoms with Crippen LogP contribution >= 0.6 is 0 Å². The Kier molecular flexibility index (Phi) is 4.07. The minimum Gasteiger partial charge on any atom is -0.399 e. The Hall–Kier alpha value is -1.18. The number of nitrogens with zero attached hydrogens (tertiary/aromatic N) is 1. The monoisotopic (exact) mass is 287 g/mol. The van der Waals surface area contributed by atoms with Crippen molar-refractivity contribution in [2.45, 2.75) is 23.8 Å². The summed E-state index contributed by atoms with van der Waals surface area (Å²) in [6.07, 6.45) is 1.99. The third-order valence-electron chi connectivity index (χ3n) is 3.43. The van der Waals surface area contributed by atoms with Gasteiger partial charge in [0, 0.05) is 18.3 Å². The van der Waals surface area contributed by atoms with E-state index < -0.39 is 20.7 Å². The molecular weight excluding hydrogens is 269 g/mol. The molecule has 1 aliphatic rings. The molecule has 0 aromatic heterocycles. The first kappa shape index (κ1) is 14.2. The largest absolute Gasteiger partial charge is 0.399 e. The summed E-state index contributed by atoms with van der Waals surface area (Å²) in [5.74, 6) is -0.790. The van der Waals surface area contributed by atoms with E-state index in [-0.39, 0.29) is 18.3 Å². The van der Waals surface area contributed by atoms with Gasteiger partial charge in [-0.15, -0.1) is 0 Å². The van der Waals surface area contributed by atoms with Crippen molar-refractivity contribution in [1.82, 2.24) is 9.62 Å². The van der Waals surface area contributed by atoms with Crippen molar-refractivity contribution < 1.29 is 12.8 Å². The first-order valence-electron chi connectivity index (χ1n) is 6.15. The molecule has 1 aromatic carbocycles. The zero-order valence-corrected chi connectivity index (χ0v) is 11.6. The van der Waals surface area contributed by atoms with Crippen LogP contribution in [-0.4, -0.2) is 39.5 Å². The van der Waals surface area contributed by atoms with Crippen molar-refractivity contribution in [1.29, 1.82) is 0 Å². The zero-order chi connectivity index (χ0) is 14.0. The lowest BCUT2D eigenvalue weighted by atomic mass is 10.2. The van der Waals surface area contributed by atoms with Gasteiger partial charge in [0.15, 0.2) is 0 Å². The van der Waals surface area contributed by atoms with E-state index in [4.69, 9.17) is 5.73 Å². The maximum Gasteiger partial charge on any atom is 0.243 e. The smallest absolute Gasteiger partial charge is 0.243 e. The van der Waals surface area contributed by atoms with Crippen LogP contribution < -0.4 is 10.5 Å². The Morgan fingerprint density at radius 2 is 2.26 bits per heavy atom. The van der Waals surface area contributed by atoms with E-state index in [1.54, 1.807) is 0 Å². The van der Waals surface area contributed by atoms with Crippen LogP contribution in [0.5, 0.6) is 0 Å². The summed E-state index contributed by atoms with van der Waals surface area (Å²) in [6.45, 7) is 1.24. The first-order chi connectivity index (χ1) is 8.90. The van der Waals surface area contributed by atoms with Gasteiger partial charge in [-0.3, -0.25) is 0 Å². The number of nitrogens with one attached hydrogen (secondary N) is 1. The van der Waals surface area contributed by atoms with Crippen molar-refractivity contribution in [2.24, 2.45) is 0 Å². The number of hydrogen-bond acceptors (Lipinski definition) is 4. The molecule has 1 heterocycles. The highest BCUT2D eigenvalue weighted by Crippen LogP contribution is 2.19. The molecule has 1 unspecified atom stereocenters. The molecule has 1 aliphatic heterocycles. The molecule has 0 saturated carbocycles. The first-order valence-corrected chi connectivity index (χ1v) is 7.63. The number of anilines is 1. The zero-order valence-electron chi connectivity index (χ0n) is 10.8. The fraction of sp³-hybridized carbons (Fsp3) is 0.500. The summed E-state index contributed by atoms with van der Waals surface area (Å²) in [4.78, 5) is 1.70. The molecule has 2 rings (SSSR count). The summed E-state index contributed by atoms with van der Waals surface area (Å²) in [7, 11) is -1.90. The van der Waals surface area contributed by atoms with E-state index >= 15 is 0 Å². The van der Waals surface area contributed by atoms with E-state index in [0.717, 1.165) is 31.5 Å². The molecule has 106 valence electrons. The molecule has 1 aromatic rings. The second kappa shape index (κ2) is 5.44. The Morgan fingerprint density at radius 3 is 2.89 bits per heavy atom. The average Bonchev–Trinajstić information content (AvgIpc) is 2.75. The van der Waals surface area contributed by atoms with E-state index in [1.165, 1.54) is 6.07 Å². The molecule has 0 aliphatic carbocycles. The van der Waals surface area contributed by atoms with Gasteiger partial charge in [0.2, 0.25) is 10.0 Å². The van der Waals surface area contributed by atoms with Gasteiger partial charge in [0.05, 0.1) is 0 Å². The highest BCUT2D eigenvalue weighted by Gasteiger charge is 2.25. The highest BCUT2D eigenvalue weighted by atomic mass is 32.2. The Morgan fingerprint density at radius 1 is 1.53 bits per heavy atom. The third-order valence-corrected chi connectivity index (χ3v) is 4.86. The Bertz CT molecular complexity index is 562. The molecule has 0 amide bonds. The fourth-order valence-corrected chi connectivity index (χ4v) is 3.43.